The summed E-state index contributed by atoms with van der Waals surface area (Å²) in [5.74, 6) is 0.0177. The van der Waals surface area contributed by atoms with Crippen LogP contribution >= 0.6 is 22.9 Å². The number of hydrogen-bond donors (Lipinski definition) is 2. The topological polar surface area (TPSA) is 91.9 Å². The van der Waals surface area contributed by atoms with E-state index in [1.165, 1.54) is 11.3 Å². The Morgan fingerprint density at radius 3 is 2.86 bits per heavy atom. The van der Waals surface area contributed by atoms with Gasteiger partial charge in [-0.2, -0.15) is 5.10 Å². The molecule has 8 nitrogen and oxygen atoms in total. The third-order valence-electron chi connectivity index (χ3n) is 5.17. The molecule has 0 aliphatic carbocycles. The van der Waals surface area contributed by atoms with Gasteiger partial charge in [0.2, 0.25) is 5.91 Å². The Morgan fingerprint density at radius 1 is 1.41 bits per heavy atom. The van der Waals surface area contributed by atoms with Gasteiger partial charge in [0.05, 0.1) is 14.6 Å². The van der Waals surface area contributed by atoms with Crippen molar-refractivity contribution < 1.29 is 9.90 Å². The van der Waals surface area contributed by atoms with Gasteiger partial charge in [-0.15, -0.1) is 11.3 Å². The Bertz CT molecular complexity index is 1140. The second kappa shape index (κ2) is 7.39. The molecule has 3 aromatic heterocycles. The quantitative estimate of drug-likeness (QED) is 0.649. The number of rotatable bonds is 4. The van der Waals surface area contributed by atoms with E-state index in [1.807, 2.05) is 7.05 Å². The average molecular weight is 438 g/mol. The zero-order valence-corrected chi connectivity index (χ0v) is 18.2. The van der Waals surface area contributed by atoms with Crippen LogP contribution < -0.4 is 10.9 Å². The second-order valence-corrected chi connectivity index (χ2v) is 9.89. The molecule has 4 rings (SSSR count). The summed E-state index contributed by atoms with van der Waals surface area (Å²) in [5, 5.41) is 18.0. The van der Waals surface area contributed by atoms with Gasteiger partial charge in [0.15, 0.2) is 5.82 Å². The summed E-state index contributed by atoms with van der Waals surface area (Å²) in [6.07, 6.45) is 1.94. The summed E-state index contributed by atoms with van der Waals surface area (Å²) >= 11 is 7.47. The molecule has 1 amide bonds. The van der Waals surface area contributed by atoms with Crippen molar-refractivity contribution in [3.8, 4) is 0 Å². The van der Waals surface area contributed by atoms with Crippen LogP contribution in [0.3, 0.4) is 0 Å². The first kappa shape index (κ1) is 20.3. The molecule has 1 aliphatic rings. The van der Waals surface area contributed by atoms with E-state index in [-0.39, 0.29) is 29.9 Å². The fourth-order valence-corrected chi connectivity index (χ4v) is 5.04. The average Bonchev–Trinajstić information content (AvgIpc) is 3.13. The van der Waals surface area contributed by atoms with Gasteiger partial charge < -0.3 is 15.3 Å². The summed E-state index contributed by atoms with van der Waals surface area (Å²) in [6, 6.07) is 3.55. The van der Waals surface area contributed by atoms with Crippen molar-refractivity contribution in [2.45, 2.75) is 44.9 Å². The first-order chi connectivity index (χ1) is 13.6. The predicted molar refractivity (Wildman–Crippen MR) is 114 cm³/mol. The number of hydrogen-bond acceptors (Lipinski definition) is 6. The standard InChI is InChI=1S/C19H24ClN5O3S/c1-19(2,28)18-22-24(10-16(26)21-11-5-4-6-23(3)9-11)17(27)13-7-14-12(25(13)18)8-15(20)29-14/h7-8,11,28H,4-6,9-10H2,1-3H3,(H,21,26)/t11-/m1/s1. The van der Waals surface area contributed by atoms with Gasteiger partial charge in [-0.1, -0.05) is 11.6 Å². The molecule has 0 aromatic carbocycles. The van der Waals surface area contributed by atoms with Gasteiger partial charge >= 0.3 is 0 Å². The molecule has 1 aliphatic heterocycles. The molecule has 1 fully saturated rings. The first-order valence-corrected chi connectivity index (χ1v) is 10.8. The van der Waals surface area contributed by atoms with E-state index in [0.29, 0.717) is 9.85 Å². The molecule has 4 heterocycles. The number of amides is 1. The van der Waals surface area contributed by atoms with Gasteiger partial charge in [-0.25, -0.2) is 4.68 Å². The zero-order valence-electron chi connectivity index (χ0n) is 16.6. The van der Waals surface area contributed by atoms with Crippen LogP contribution in [0.2, 0.25) is 4.34 Å². The van der Waals surface area contributed by atoms with E-state index in [1.54, 1.807) is 30.4 Å². The highest BCUT2D eigenvalue weighted by atomic mass is 35.5. The molecule has 3 aromatic rings. The number of halogens is 1. The Labute approximate surface area is 176 Å². The lowest BCUT2D eigenvalue weighted by atomic mass is 10.1. The second-order valence-electron chi connectivity index (χ2n) is 8.18. The summed E-state index contributed by atoms with van der Waals surface area (Å²) in [6.45, 7) is 4.81. The van der Waals surface area contributed by atoms with E-state index < -0.39 is 5.60 Å². The Balaban J connectivity index is 1.72. The van der Waals surface area contributed by atoms with E-state index in [2.05, 4.69) is 15.3 Å². The lowest BCUT2D eigenvalue weighted by molar-refractivity contribution is -0.123. The molecule has 1 saturated heterocycles. The number of aliphatic hydroxyl groups is 1. The van der Waals surface area contributed by atoms with Crippen molar-refractivity contribution in [3.05, 3.63) is 32.6 Å². The zero-order chi connectivity index (χ0) is 20.9. The van der Waals surface area contributed by atoms with Gasteiger partial charge in [-0.05, 0) is 52.4 Å². The number of likely N-dealkylation sites (N-methyl/N-ethyl adjacent to an activating group) is 1. The summed E-state index contributed by atoms with van der Waals surface area (Å²) in [4.78, 5) is 27.8. The van der Waals surface area contributed by atoms with Crippen molar-refractivity contribution >= 4 is 44.6 Å². The maximum Gasteiger partial charge on any atom is 0.291 e. The molecule has 0 spiro atoms. The summed E-state index contributed by atoms with van der Waals surface area (Å²) in [5.41, 5.74) is -0.622. The maximum atomic E-state index is 13.0. The molecular weight excluding hydrogens is 414 g/mol. The van der Waals surface area contributed by atoms with Crippen LogP contribution in [0.25, 0.3) is 15.7 Å². The van der Waals surface area contributed by atoms with Crippen molar-refractivity contribution in [2.75, 3.05) is 20.1 Å². The molecular formula is C19H24ClN5O3S. The molecule has 0 radical (unpaired) electrons. The normalized spacial score (nSPS) is 18.6. The van der Waals surface area contributed by atoms with E-state index >= 15 is 0 Å². The van der Waals surface area contributed by atoms with Gasteiger partial charge in [0.1, 0.15) is 17.7 Å². The summed E-state index contributed by atoms with van der Waals surface area (Å²) in [7, 11) is 2.03. The monoisotopic (exact) mass is 437 g/mol. The third kappa shape index (κ3) is 3.92. The van der Waals surface area contributed by atoms with Crippen LogP contribution in [-0.4, -0.2) is 56.3 Å². The lowest BCUT2D eigenvalue weighted by Crippen LogP contribution is -2.48. The van der Waals surface area contributed by atoms with E-state index in [9.17, 15) is 14.7 Å². The number of piperidine rings is 1. The minimum absolute atomic E-state index is 0.0650. The fourth-order valence-electron chi connectivity index (χ4n) is 3.88. The Kier molecular flexibility index (Phi) is 5.18. The van der Waals surface area contributed by atoms with Crippen LogP contribution in [0.4, 0.5) is 0 Å². The number of nitrogens with one attached hydrogen (secondary N) is 1. The molecule has 0 bridgehead atoms. The minimum atomic E-state index is -1.32. The Hall–Kier alpha value is -1.94. The van der Waals surface area contributed by atoms with E-state index in [0.717, 1.165) is 40.8 Å². The predicted octanol–water partition coefficient (Wildman–Crippen LogP) is 1.80. The molecule has 1 atom stereocenters. The Morgan fingerprint density at radius 2 is 2.17 bits per heavy atom. The van der Waals surface area contributed by atoms with Gasteiger partial charge in [-0.3, -0.25) is 14.0 Å². The van der Waals surface area contributed by atoms with Crippen molar-refractivity contribution in [1.82, 2.24) is 24.4 Å². The molecule has 0 unspecified atom stereocenters. The highest BCUT2D eigenvalue weighted by Crippen LogP contribution is 2.33. The SMILES string of the molecule is CN1CCC[C@@H](NC(=O)Cn2nc(C(C)(C)O)n3c(cc4sc(Cl)cc43)c2=O)C1. The number of aromatic nitrogens is 3. The van der Waals surface area contributed by atoms with E-state index in [4.69, 9.17) is 11.6 Å². The molecule has 156 valence electrons. The minimum Gasteiger partial charge on any atom is -0.382 e. The van der Waals surface area contributed by atoms with Crippen LogP contribution in [0.1, 0.15) is 32.5 Å². The summed E-state index contributed by atoms with van der Waals surface area (Å²) < 4.78 is 4.18. The highest BCUT2D eigenvalue weighted by molar-refractivity contribution is 7.22. The van der Waals surface area contributed by atoms with Crippen molar-refractivity contribution in [3.63, 3.8) is 0 Å². The highest BCUT2D eigenvalue weighted by Gasteiger charge is 2.27. The first-order valence-electron chi connectivity index (χ1n) is 9.56. The van der Waals surface area contributed by atoms with Crippen LogP contribution in [0.15, 0.2) is 16.9 Å². The number of thiophene rings is 1. The van der Waals surface area contributed by atoms with Crippen LogP contribution in [0, 0.1) is 0 Å². The van der Waals surface area contributed by atoms with Crippen molar-refractivity contribution in [2.24, 2.45) is 0 Å². The van der Waals surface area contributed by atoms with Crippen molar-refractivity contribution in [1.29, 1.82) is 0 Å². The number of likely N-dealkylation sites (tertiary alicyclic amines) is 1. The molecule has 0 saturated carbocycles. The third-order valence-corrected chi connectivity index (χ3v) is 6.37. The number of nitrogens with zero attached hydrogens (tertiary/aromatic N) is 4. The lowest BCUT2D eigenvalue weighted by Gasteiger charge is -2.30. The molecule has 10 heteroatoms. The molecule has 29 heavy (non-hydrogen) atoms. The largest absolute Gasteiger partial charge is 0.382 e. The number of carbonyl (C=O) groups is 1. The van der Waals surface area contributed by atoms with Gasteiger partial charge in [0, 0.05) is 12.6 Å². The van der Waals surface area contributed by atoms with Crippen LogP contribution in [0.5, 0.6) is 0 Å². The molecule has 2 N–H and O–H groups in total. The van der Waals surface area contributed by atoms with Crippen LogP contribution in [-0.2, 0) is 16.9 Å². The number of fused-ring (bicyclic) bond motifs is 3. The number of carbonyl (C=O) groups excluding carboxylic acids is 1. The maximum absolute atomic E-state index is 13.0. The smallest absolute Gasteiger partial charge is 0.291 e. The van der Waals surface area contributed by atoms with Gasteiger partial charge in [0.25, 0.3) is 5.56 Å². The fraction of sp³-hybridized carbons (Fsp3) is 0.526.